The Morgan fingerprint density at radius 2 is 1.78 bits per heavy atom. The Balaban J connectivity index is 2.11. The Kier molecular flexibility index (Phi) is 3.91. The summed E-state index contributed by atoms with van der Waals surface area (Å²) in [5.74, 6) is -0.676. The summed E-state index contributed by atoms with van der Waals surface area (Å²) in [6.45, 7) is 0. The van der Waals surface area contributed by atoms with Crippen LogP contribution in [0.25, 0.3) is 5.76 Å². The number of ketones is 1. The second kappa shape index (κ2) is 5.88. The van der Waals surface area contributed by atoms with Gasteiger partial charge >= 0.3 is 0 Å². The highest BCUT2D eigenvalue weighted by atomic mass is 35.5. The standard InChI is InChI=1S/C17H8Cl2N2O2/c18-12-6-5-9(7-13(12)19)21-14(8-20)15-16(22)10-3-1-2-4-11(10)17(15)23/h1-7,22H. The molecule has 4 nitrogen and oxygen atoms in total. The molecule has 2 aromatic carbocycles. The van der Waals surface area contributed by atoms with E-state index in [1.165, 1.54) is 12.1 Å². The fourth-order valence-corrected chi connectivity index (χ4v) is 2.60. The third kappa shape index (κ3) is 2.61. The van der Waals surface area contributed by atoms with E-state index in [0.717, 1.165) is 0 Å². The number of hydrogen-bond donors (Lipinski definition) is 1. The molecular weight excluding hydrogens is 335 g/mol. The molecule has 0 aromatic heterocycles. The van der Waals surface area contributed by atoms with Crippen molar-refractivity contribution < 1.29 is 9.90 Å². The Morgan fingerprint density at radius 1 is 1.09 bits per heavy atom. The van der Waals surface area contributed by atoms with Crippen molar-refractivity contribution in [3.05, 3.63) is 69.2 Å². The predicted octanol–water partition coefficient (Wildman–Crippen LogP) is 4.76. The first-order valence-electron chi connectivity index (χ1n) is 6.54. The molecule has 0 unspecified atom stereocenters. The lowest BCUT2D eigenvalue weighted by molar-refractivity contribution is 0.104. The van der Waals surface area contributed by atoms with Gasteiger partial charge in [-0.2, -0.15) is 5.26 Å². The summed E-state index contributed by atoms with van der Waals surface area (Å²) in [7, 11) is 0. The van der Waals surface area contributed by atoms with Gasteiger partial charge in [0.2, 0.25) is 0 Å². The zero-order valence-corrected chi connectivity index (χ0v) is 13.1. The molecule has 0 heterocycles. The van der Waals surface area contributed by atoms with E-state index in [-0.39, 0.29) is 22.1 Å². The van der Waals surface area contributed by atoms with Crippen LogP contribution in [-0.2, 0) is 0 Å². The summed E-state index contributed by atoms with van der Waals surface area (Å²) in [5, 5.41) is 20.3. The monoisotopic (exact) mass is 342 g/mol. The van der Waals surface area contributed by atoms with Crippen LogP contribution in [0.2, 0.25) is 10.0 Å². The molecule has 2 aromatic rings. The van der Waals surface area contributed by atoms with Gasteiger partial charge in [0.1, 0.15) is 17.4 Å². The van der Waals surface area contributed by atoms with Crippen LogP contribution < -0.4 is 0 Å². The van der Waals surface area contributed by atoms with Gasteiger partial charge in [-0.05, 0) is 18.2 Å². The van der Waals surface area contributed by atoms with Gasteiger partial charge in [-0.15, -0.1) is 0 Å². The summed E-state index contributed by atoms with van der Waals surface area (Å²) in [6.07, 6.45) is 0. The largest absolute Gasteiger partial charge is 0.506 e. The number of aliphatic hydroxyl groups excluding tert-OH is 1. The normalized spacial score (nSPS) is 14.0. The number of carbonyl (C=O) groups excluding carboxylic acids is 1. The van der Waals surface area contributed by atoms with Crippen molar-refractivity contribution in [2.24, 2.45) is 4.99 Å². The molecule has 3 rings (SSSR count). The maximum absolute atomic E-state index is 12.4. The van der Waals surface area contributed by atoms with Gasteiger partial charge in [-0.3, -0.25) is 4.79 Å². The lowest BCUT2D eigenvalue weighted by atomic mass is 10.1. The zero-order chi connectivity index (χ0) is 16.6. The van der Waals surface area contributed by atoms with E-state index in [1.807, 2.05) is 6.07 Å². The molecule has 0 spiro atoms. The maximum atomic E-state index is 12.4. The highest BCUT2D eigenvalue weighted by molar-refractivity contribution is 6.42. The van der Waals surface area contributed by atoms with Crippen molar-refractivity contribution in [3.8, 4) is 6.07 Å². The molecule has 0 radical (unpaired) electrons. The number of benzene rings is 2. The minimum Gasteiger partial charge on any atom is -0.506 e. The predicted molar refractivity (Wildman–Crippen MR) is 89.5 cm³/mol. The summed E-state index contributed by atoms with van der Waals surface area (Å²) in [6, 6.07) is 13.0. The lowest BCUT2D eigenvalue weighted by Crippen LogP contribution is -2.08. The number of rotatable bonds is 2. The molecule has 0 bridgehead atoms. The molecule has 0 saturated carbocycles. The van der Waals surface area contributed by atoms with Crippen molar-refractivity contribution in [1.29, 1.82) is 5.26 Å². The van der Waals surface area contributed by atoms with Crippen LogP contribution in [0.3, 0.4) is 0 Å². The molecule has 112 valence electrons. The molecule has 0 aliphatic heterocycles. The summed E-state index contributed by atoms with van der Waals surface area (Å²) in [5.41, 5.74) is 0.809. The molecule has 0 amide bonds. The zero-order valence-electron chi connectivity index (χ0n) is 11.5. The van der Waals surface area contributed by atoms with Crippen LogP contribution in [0.4, 0.5) is 5.69 Å². The average molecular weight is 343 g/mol. The number of fused-ring (bicyclic) bond motifs is 1. The molecule has 23 heavy (non-hydrogen) atoms. The van der Waals surface area contributed by atoms with Crippen LogP contribution in [0, 0.1) is 11.3 Å². The SMILES string of the molecule is N#CC(=Nc1ccc(Cl)c(Cl)c1)C1=C(O)c2ccccc2C1=O. The summed E-state index contributed by atoms with van der Waals surface area (Å²) >= 11 is 11.8. The van der Waals surface area contributed by atoms with E-state index in [4.69, 9.17) is 23.2 Å². The second-order valence-electron chi connectivity index (χ2n) is 4.77. The topological polar surface area (TPSA) is 73.4 Å². The molecule has 0 saturated heterocycles. The van der Waals surface area contributed by atoms with Gasteiger partial charge in [0, 0.05) is 11.1 Å². The number of Topliss-reactive ketones (excluding diaryl/α,β-unsaturated/α-hetero) is 1. The number of nitriles is 1. The summed E-state index contributed by atoms with van der Waals surface area (Å²) < 4.78 is 0. The number of allylic oxidation sites excluding steroid dienone is 1. The van der Waals surface area contributed by atoms with E-state index >= 15 is 0 Å². The van der Waals surface area contributed by atoms with E-state index in [9.17, 15) is 15.2 Å². The maximum Gasteiger partial charge on any atom is 0.200 e. The number of nitrogens with zero attached hydrogens (tertiary/aromatic N) is 2. The van der Waals surface area contributed by atoms with Crippen molar-refractivity contribution in [2.75, 3.05) is 0 Å². The van der Waals surface area contributed by atoms with Gasteiger partial charge in [0.05, 0.1) is 15.7 Å². The van der Waals surface area contributed by atoms with E-state index in [0.29, 0.717) is 21.8 Å². The Bertz CT molecular complexity index is 940. The first kappa shape index (κ1) is 15.3. The fourth-order valence-electron chi connectivity index (χ4n) is 2.30. The van der Waals surface area contributed by atoms with Gasteiger partial charge in [0.15, 0.2) is 11.5 Å². The smallest absolute Gasteiger partial charge is 0.200 e. The number of aliphatic imine (C=N–C) groups is 1. The second-order valence-corrected chi connectivity index (χ2v) is 5.58. The van der Waals surface area contributed by atoms with Crippen molar-refractivity contribution in [3.63, 3.8) is 0 Å². The third-order valence-corrected chi connectivity index (χ3v) is 4.12. The Morgan fingerprint density at radius 3 is 2.39 bits per heavy atom. The van der Waals surface area contributed by atoms with Crippen LogP contribution in [0.15, 0.2) is 53.0 Å². The fraction of sp³-hybridized carbons (Fsp3) is 0. The van der Waals surface area contributed by atoms with Crippen molar-refractivity contribution in [2.45, 2.75) is 0 Å². The van der Waals surface area contributed by atoms with Gasteiger partial charge < -0.3 is 5.11 Å². The first-order chi connectivity index (χ1) is 11.0. The molecule has 0 fully saturated rings. The number of halogens is 2. The Hall–Kier alpha value is -2.61. The molecular formula is C17H8Cl2N2O2. The van der Waals surface area contributed by atoms with Crippen LogP contribution in [0.1, 0.15) is 15.9 Å². The molecule has 1 aliphatic rings. The number of carbonyl (C=O) groups is 1. The highest BCUT2D eigenvalue weighted by Gasteiger charge is 2.32. The van der Waals surface area contributed by atoms with Gasteiger partial charge in [0.25, 0.3) is 0 Å². The van der Waals surface area contributed by atoms with Gasteiger partial charge in [-0.1, -0.05) is 47.5 Å². The van der Waals surface area contributed by atoms with Crippen LogP contribution in [0.5, 0.6) is 0 Å². The minimum absolute atomic E-state index is 0.111. The van der Waals surface area contributed by atoms with Crippen LogP contribution >= 0.6 is 23.2 Å². The lowest BCUT2D eigenvalue weighted by Gasteiger charge is -2.01. The Labute approximate surface area is 141 Å². The van der Waals surface area contributed by atoms with E-state index < -0.39 is 5.78 Å². The van der Waals surface area contributed by atoms with Crippen LogP contribution in [-0.4, -0.2) is 16.6 Å². The van der Waals surface area contributed by atoms with Gasteiger partial charge in [-0.25, -0.2) is 4.99 Å². The molecule has 1 N–H and O–H groups in total. The van der Waals surface area contributed by atoms with E-state index in [2.05, 4.69) is 4.99 Å². The van der Waals surface area contributed by atoms with Crippen molar-refractivity contribution >= 4 is 46.1 Å². The van der Waals surface area contributed by atoms with Crippen molar-refractivity contribution in [1.82, 2.24) is 0 Å². The molecule has 6 heteroatoms. The highest BCUT2D eigenvalue weighted by Crippen LogP contribution is 2.33. The average Bonchev–Trinajstić information content (AvgIpc) is 2.81. The number of hydrogen-bond acceptors (Lipinski definition) is 4. The first-order valence-corrected chi connectivity index (χ1v) is 7.30. The van der Waals surface area contributed by atoms with E-state index in [1.54, 1.807) is 30.3 Å². The molecule has 1 aliphatic carbocycles. The summed E-state index contributed by atoms with van der Waals surface area (Å²) in [4.78, 5) is 16.5. The molecule has 0 atom stereocenters. The quantitative estimate of drug-likeness (QED) is 0.800. The number of aliphatic hydroxyl groups is 1. The minimum atomic E-state index is -0.432. The third-order valence-electron chi connectivity index (χ3n) is 3.38.